The topological polar surface area (TPSA) is 54.9 Å². The van der Waals surface area contributed by atoms with E-state index in [-0.39, 0.29) is 6.09 Å². The molecule has 30 heavy (non-hydrogen) atoms. The van der Waals surface area contributed by atoms with Gasteiger partial charge in [-0.1, -0.05) is 35.9 Å². The van der Waals surface area contributed by atoms with E-state index < -0.39 is 5.60 Å². The lowest BCUT2D eigenvalue weighted by molar-refractivity contribution is 0.0139. The number of carbonyl (C=O) groups excluding carboxylic acids is 1. The Kier molecular flexibility index (Phi) is 7.56. The van der Waals surface area contributed by atoms with Crippen molar-refractivity contribution in [2.24, 2.45) is 0 Å². The number of rotatable bonds is 6. The molecule has 1 aromatic heterocycles. The molecule has 0 N–H and O–H groups in total. The van der Waals surface area contributed by atoms with E-state index in [0.717, 1.165) is 31.8 Å². The van der Waals surface area contributed by atoms with Gasteiger partial charge < -0.3 is 14.4 Å². The summed E-state index contributed by atoms with van der Waals surface area (Å²) in [7, 11) is 0. The van der Waals surface area contributed by atoms with Crippen LogP contribution in [-0.2, 0) is 17.7 Å². The van der Waals surface area contributed by atoms with Crippen molar-refractivity contribution in [3.05, 3.63) is 58.9 Å². The van der Waals surface area contributed by atoms with Crippen molar-refractivity contribution >= 4 is 17.7 Å². The fraction of sp³-hybridized carbons (Fsp3) is 0.478. The molecule has 1 aliphatic heterocycles. The number of amides is 1. The first-order valence-electron chi connectivity index (χ1n) is 10.3. The number of aromatic nitrogens is 1. The van der Waals surface area contributed by atoms with Crippen LogP contribution in [0.2, 0.25) is 5.15 Å². The summed E-state index contributed by atoms with van der Waals surface area (Å²) in [4.78, 5) is 20.3. The molecule has 1 fully saturated rings. The van der Waals surface area contributed by atoms with Crippen LogP contribution < -0.4 is 4.74 Å². The van der Waals surface area contributed by atoms with E-state index in [1.165, 1.54) is 11.1 Å². The Balaban J connectivity index is 1.39. The SMILES string of the molecule is CC(C)(C)OC(=O)N1CCN(Cc2ccc(CCOc3ccc(Cl)nc3)cc2)CC1. The Hall–Kier alpha value is -2.31. The van der Waals surface area contributed by atoms with Crippen LogP contribution in [0.3, 0.4) is 0 Å². The van der Waals surface area contributed by atoms with E-state index in [2.05, 4.69) is 34.1 Å². The van der Waals surface area contributed by atoms with Crippen LogP contribution in [0, 0.1) is 0 Å². The van der Waals surface area contributed by atoms with Gasteiger partial charge in [0.05, 0.1) is 12.8 Å². The van der Waals surface area contributed by atoms with Gasteiger partial charge in [0, 0.05) is 39.1 Å². The summed E-state index contributed by atoms with van der Waals surface area (Å²) in [5.41, 5.74) is 2.05. The van der Waals surface area contributed by atoms with Gasteiger partial charge in [-0.25, -0.2) is 9.78 Å². The summed E-state index contributed by atoms with van der Waals surface area (Å²) < 4.78 is 11.2. The molecule has 0 unspecified atom stereocenters. The molecular formula is C23H30ClN3O3. The Labute approximate surface area is 183 Å². The lowest BCUT2D eigenvalue weighted by Gasteiger charge is -2.35. The van der Waals surface area contributed by atoms with Gasteiger partial charge in [0.1, 0.15) is 16.5 Å². The predicted molar refractivity (Wildman–Crippen MR) is 118 cm³/mol. The third-order valence-corrected chi connectivity index (χ3v) is 5.04. The van der Waals surface area contributed by atoms with E-state index in [4.69, 9.17) is 21.1 Å². The van der Waals surface area contributed by atoms with Crippen LogP contribution in [0.5, 0.6) is 5.75 Å². The second-order valence-corrected chi connectivity index (χ2v) is 8.86. The van der Waals surface area contributed by atoms with Crippen molar-refractivity contribution < 1.29 is 14.3 Å². The third kappa shape index (κ3) is 7.18. The monoisotopic (exact) mass is 431 g/mol. The summed E-state index contributed by atoms with van der Waals surface area (Å²) in [6.07, 6.45) is 2.24. The highest BCUT2D eigenvalue weighted by Gasteiger charge is 2.25. The number of hydrogen-bond donors (Lipinski definition) is 0. The molecule has 1 amide bonds. The van der Waals surface area contributed by atoms with Gasteiger partial charge in [0.2, 0.25) is 0 Å². The maximum atomic E-state index is 12.2. The first-order chi connectivity index (χ1) is 14.3. The van der Waals surface area contributed by atoms with Crippen LogP contribution in [0.4, 0.5) is 4.79 Å². The van der Waals surface area contributed by atoms with E-state index in [0.29, 0.717) is 24.8 Å². The fourth-order valence-electron chi connectivity index (χ4n) is 3.22. The van der Waals surface area contributed by atoms with Gasteiger partial charge in [-0.05, 0) is 44.0 Å². The molecule has 2 heterocycles. The molecular weight excluding hydrogens is 402 g/mol. The molecule has 1 saturated heterocycles. The molecule has 3 rings (SSSR count). The Bertz CT molecular complexity index is 811. The zero-order valence-corrected chi connectivity index (χ0v) is 18.7. The Morgan fingerprint density at radius 2 is 1.70 bits per heavy atom. The summed E-state index contributed by atoms with van der Waals surface area (Å²) in [5, 5.41) is 0.462. The van der Waals surface area contributed by atoms with Crippen molar-refractivity contribution in [2.45, 2.75) is 39.3 Å². The zero-order valence-electron chi connectivity index (χ0n) is 17.9. The molecule has 1 aromatic carbocycles. The van der Waals surface area contributed by atoms with Crippen molar-refractivity contribution in [3.63, 3.8) is 0 Å². The number of hydrogen-bond acceptors (Lipinski definition) is 5. The number of pyridine rings is 1. The highest BCUT2D eigenvalue weighted by Crippen LogP contribution is 2.15. The normalized spacial score (nSPS) is 15.1. The van der Waals surface area contributed by atoms with Gasteiger partial charge in [-0.15, -0.1) is 0 Å². The van der Waals surface area contributed by atoms with E-state index in [1.807, 2.05) is 26.8 Å². The molecule has 0 radical (unpaired) electrons. The smallest absolute Gasteiger partial charge is 0.410 e. The van der Waals surface area contributed by atoms with Crippen molar-refractivity contribution in [3.8, 4) is 5.75 Å². The molecule has 7 heteroatoms. The molecule has 6 nitrogen and oxygen atoms in total. The molecule has 0 aliphatic carbocycles. The summed E-state index contributed by atoms with van der Waals surface area (Å²) in [5.74, 6) is 0.724. The molecule has 1 aliphatic rings. The number of benzene rings is 1. The Morgan fingerprint density at radius 1 is 1.03 bits per heavy atom. The maximum Gasteiger partial charge on any atom is 0.410 e. The standard InChI is InChI=1S/C23H30ClN3O3/c1-23(2,3)30-22(28)27-13-11-26(12-14-27)17-19-6-4-18(5-7-19)10-15-29-20-8-9-21(24)25-16-20/h4-9,16H,10-15,17H2,1-3H3. The van der Waals surface area contributed by atoms with Crippen molar-refractivity contribution in [2.75, 3.05) is 32.8 Å². The zero-order chi connectivity index (χ0) is 21.6. The average molecular weight is 432 g/mol. The minimum Gasteiger partial charge on any atom is -0.492 e. The van der Waals surface area contributed by atoms with E-state index >= 15 is 0 Å². The van der Waals surface area contributed by atoms with Crippen LogP contribution in [0.1, 0.15) is 31.9 Å². The summed E-state index contributed by atoms with van der Waals surface area (Å²) in [6, 6.07) is 12.2. The summed E-state index contributed by atoms with van der Waals surface area (Å²) >= 11 is 5.78. The Morgan fingerprint density at radius 3 is 2.30 bits per heavy atom. The lowest BCUT2D eigenvalue weighted by Crippen LogP contribution is -2.49. The van der Waals surface area contributed by atoms with E-state index in [9.17, 15) is 4.79 Å². The van der Waals surface area contributed by atoms with Crippen LogP contribution in [0.15, 0.2) is 42.6 Å². The number of piperazine rings is 1. The van der Waals surface area contributed by atoms with Crippen LogP contribution in [-0.4, -0.2) is 59.3 Å². The minimum absolute atomic E-state index is 0.219. The second kappa shape index (κ2) is 10.1. The van der Waals surface area contributed by atoms with Crippen LogP contribution in [0.25, 0.3) is 0 Å². The number of carbonyl (C=O) groups is 1. The second-order valence-electron chi connectivity index (χ2n) is 8.48. The van der Waals surface area contributed by atoms with Gasteiger partial charge >= 0.3 is 6.09 Å². The molecule has 162 valence electrons. The highest BCUT2D eigenvalue weighted by atomic mass is 35.5. The van der Waals surface area contributed by atoms with E-state index in [1.54, 1.807) is 17.2 Å². The molecule has 0 bridgehead atoms. The minimum atomic E-state index is -0.452. The van der Waals surface area contributed by atoms with Gasteiger partial charge in [-0.3, -0.25) is 4.90 Å². The molecule has 0 atom stereocenters. The first-order valence-corrected chi connectivity index (χ1v) is 10.7. The van der Waals surface area contributed by atoms with Crippen LogP contribution >= 0.6 is 11.6 Å². The highest BCUT2D eigenvalue weighted by molar-refractivity contribution is 6.29. The average Bonchev–Trinajstić information content (AvgIpc) is 2.70. The lowest BCUT2D eigenvalue weighted by atomic mass is 10.1. The summed E-state index contributed by atoms with van der Waals surface area (Å²) in [6.45, 7) is 10.3. The predicted octanol–water partition coefficient (Wildman–Crippen LogP) is 4.41. The van der Waals surface area contributed by atoms with Gasteiger partial charge in [0.15, 0.2) is 0 Å². The molecule has 2 aromatic rings. The van der Waals surface area contributed by atoms with Gasteiger partial charge in [0.25, 0.3) is 0 Å². The van der Waals surface area contributed by atoms with Crippen molar-refractivity contribution in [1.29, 1.82) is 0 Å². The quantitative estimate of drug-likeness (QED) is 0.634. The molecule has 0 saturated carbocycles. The first kappa shape index (κ1) is 22.4. The number of nitrogens with zero attached hydrogens (tertiary/aromatic N) is 3. The fourth-order valence-corrected chi connectivity index (χ4v) is 3.33. The van der Waals surface area contributed by atoms with Gasteiger partial charge in [-0.2, -0.15) is 0 Å². The third-order valence-electron chi connectivity index (χ3n) is 4.81. The molecule has 0 spiro atoms. The number of ether oxygens (including phenoxy) is 2. The maximum absolute atomic E-state index is 12.2. The number of halogens is 1. The van der Waals surface area contributed by atoms with Crippen molar-refractivity contribution in [1.82, 2.24) is 14.8 Å². The largest absolute Gasteiger partial charge is 0.492 e.